The van der Waals surface area contributed by atoms with Crippen LogP contribution in [0.2, 0.25) is 0 Å². The molecule has 0 fully saturated rings. The monoisotopic (exact) mass is 426 g/mol. The van der Waals surface area contributed by atoms with Gasteiger partial charge in [0.2, 0.25) is 0 Å². The van der Waals surface area contributed by atoms with Crippen LogP contribution in [0.4, 0.5) is 0 Å². The number of carboxylic acid groups (broad SMARTS) is 1. The van der Waals surface area contributed by atoms with Crippen LogP contribution in [0.15, 0.2) is 12.2 Å². The summed E-state index contributed by atoms with van der Waals surface area (Å²) in [6.45, 7) is 4.15. The Morgan fingerprint density at radius 1 is 0.767 bits per heavy atom. The molecule has 0 aliphatic heterocycles. The van der Waals surface area contributed by atoms with E-state index >= 15 is 0 Å². The molecule has 0 aromatic heterocycles. The number of carboxylic acids is 1. The number of esters is 1. The normalized spacial score (nSPS) is 13.4. The predicted octanol–water partition coefficient (Wildman–Crippen LogP) is 6.57. The van der Waals surface area contributed by atoms with Crippen molar-refractivity contribution in [2.45, 2.75) is 129 Å². The van der Waals surface area contributed by atoms with Crippen LogP contribution >= 0.6 is 0 Å². The third-order valence-corrected chi connectivity index (χ3v) is 5.37. The summed E-state index contributed by atoms with van der Waals surface area (Å²) in [4.78, 5) is 22.6. The topological polar surface area (TPSA) is 83.8 Å². The maximum absolute atomic E-state index is 11.6. The van der Waals surface area contributed by atoms with Gasteiger partial charge in [0, 0.05) is 0 Å². The van der Waals surface area contributed by atoms with Gasteiger partial charge in [-0.1, -0.05) is 103 Å². The minimum Gasteiger partial charge on any atom is -0.481 e. The third-order valence-electron chi connectivity index (χ3n) is 5.37. The van der Waals surface area contributed by atoms with Gasteiger partial charge in [0.1, 0.15) is 5.60 Å². The lowest BCUT2D eigenvalue weighted by Gasteiger charge is -2.21. The molecule has 0 amide bonds. The molecule has 5 nitrogen and oxygen atoms in total. The van der Waals surface area contributed by atoms with Gasteiger partial charge in [0.05, 0.1) is 19.4 Å². The van der Waals surface area contributed by atoms with Crippen LogP contribution in [0.5, 0.6) is 0 Å². The van der Waals surface area contributed by atoms with Crippen molar-refractivity contribution in [1.29, 1.82) is 0 Å². The van der Waals surface area contributed by atoms with Gasteiger partial charge in [-0.15, -0.1) is 0 Å². The molecule has 0 aliphatic rings. The van der Waals surface area contributed by atoms with Crippen LogP contribution in [0.3, 0.4) is 0 Å². The number of rotatable bonds is 21. The molecular weight excluding hydrogens is 380 g/mol. The van der Waals surface area contributed by atoms with Gasteiger partial charge in [-0.25, -0.2) is 0 Å². The highest BCUT2D eigenvalue weighted by Gasteiger charge is 2.30. The van der Waals surface area contributed by atoms with Crippen molar-refractivity contribution in [3.8, 4) is 0 Å². The number of unbranched alkanes of at least 4 members (excludes halogenated alkanes) is 14. The summed E-state index contributed by atoms with van der Waals surface area (Å²) >= 11 is 0. The molecule has 0 aromatic rings. The largest absolute Gasteiger partial charge is 0.481 e. The summed E-state index contributed by atoms with van der Waals surface area (Å²) in [6, 6.07) is 0. The molecule has 0 rings (SSSR count). The average Bonchev–Trinajstić information content (AvgIpc) is 2.67. The van der Waals surface area contributed by atoms with Crippen molar-refractivity contribution < 1.29 is 24.5 Å². The zero-order valence-electron chi connectivity index (χ0n) is 19.5. The molecule has 0 radical (unpaired) electrons. The standard InChI is InChI=1S/C25H46O5/c1-3-5-6-7-8-9-10-11-12-13-14-15-16-17-18-19-20-25(29,21-23(26)27)22-24(28)30-4-2/h19-20,29H,3-18,21-22H2,1-2H3,(H,26,27). The Kier molecular flexibility index (Phi) is 18.7. The van der Waals surface area contributed by atoms with Gasteiger partial charge in [0.15, 0.2) is 0 Å². The van der Waals surface area contributed by atoms with Crippen molar-refractivity contribution in [3.05, 3.63) is 12.2 Å². The molecule has 0 saturated heterocycles. The van der Waals surface area contributed by atoms with Crippen LogP contribution in [0.1, 0.15) is 123 Å². The first-order valence-corrected chi connectivity index (χ1v) is 12.2. The van der Waals surface area contributed by atoms with Gasteiger partial charge < -0.3 is 14.9 Å². The van der Waals surface area contributed by atoms with Crippen molar-refractivity contribution in [1.82, 2.24) is 0 Å². The van der Waals surface area contributed by atoms with Gasteiger partial charge in [-0.3, -0.25) is 9.59 Å². The summed E-state index contributed by atoms with van der Waals surface area (Å²) in [5, 5.41) is 19.4. The van der Waals surface area contributed by atoms with Crippen LogP contribution in [0, 0.1) is 0 Å². The second kappa shape index (κ2) is 19.6. The van der Waals surface area contributed by atoms with E-state index in [9.17, 15) is 14.7 Å². The van der Waals surface area contributed by atoms with E-state index in [4.69, 9.17) is 9.84 Å². The minimum atomic E-state index is -1.67. The molecule has 30 heavy (non-hydrogen) atoms. The first-order chi connectivity index (χ1) is 14.4. The number of ether oxygens (including phenoxy) is 1. The summed E-state index contributed by atoms with van der Waals surface area (Å²) in [5.74, 6) is -1.72. The SMILES string of the molecule is CCCCCCCCCCCCCCCCC=CC(O)(CC(=O)O)CC(=O)OCC. The Balaban J connectivity index is 3.73. The summed E-state index contributed by atoms with van der Waals surface area (Å²) in [5.41, 5.74) is -1.67. The van der Waals surface area contributed by atoms with Gasteiger partial charge >= 0.3 is 11.9 Å². The van der Waals surface area contributed by atoms with Crippen molar-refractivity contribution in [2.75, 3.05) is 6.61 Å². The number of allylic oxidation sites excluding steroid dienone is 1. The number of hydrogen-bond donors (Lipinski definition) is 2. The fourth-order valence-electron chi connectivity index (χ4n) is 3.66. The molecule has 0 aliphatic carbocycles. The molecule has 0 saturated carbocycles. The van der Waals surface area contributed by atoms with E-state index in [0.29, 0.717) is 0 Å². The quantitative estimate of drug-likeness (QED) is 0.123. The first kappa shape index (κ1) is 28.6. The second-order valence-electron chi connectivity index (χ2n) is 8.44. The lowest BCUT2D eigenvalue weighted by Crippen LogP contribution is -2.33. The molecular formula is C25H46O5. The number of carbonyl (C=O) groups excluding carboxylic acids is 1. The Hall–Kier alpha value is -1.36. The van der Waals surface area contributed by atoms with Crippen molar-refractivity contribution >= 4 is 11.9 Å². The molecule has 176 valence electrons. The second-order valence-corrected chi connectivity index (χ2v) is 8.44. The van der Waals surface area contributed by atoms with Crippen LogP contribution in [0.25, 0.3) is 0 Å². The molecule has 0 bridgehead atoms. The molecule has 0 aromatic carbocycles. The maximum atomic E-state index is 11.6. The number of aliphatic carboxylic acids is 1. The van der Waals surface area contributed by atoms with E-state index in [-0.39, 0.29) is 13.0 Å². The van der Waals surface area contributed by atoms with E-state index in [1.807, 2.05) is 0 Å². The number of aliphatic hydroxyl groups is 1. The maximum Gasteiger partial charge on any atom is 0.309 e. The zero-order valence-corrected chi connectivity index (χ0v) is 19.5. The minimum absolute atomic E-state index is 0.213. The molecule has 0 spiro atoms. The number of carbonyl (C=O) groups is 2. The predicted molar refractivity (Wildman–Crippen MR) is 123 cm³/mol. The summed E-state index contributed by atoms with van der Waals surface area (Å²) in [6.07, 6.45) is 21.5. The van der Waals surface area contributed by atoms with Crippen molar-refractivity contribution in [3.63, 3.8) is 0 Å². The molecule has 2 N–H and O–H groups in total. The van der Waals surface area contributed by atoms with E-state index in [2.05, 4.69) is 6.92 Å². The van der Waals surface area contributed by atoms with E-state index in [0.717, 1.165) is 19.3 Å². The molecule has 5 heteroatoms. The Morgan fingerprint density at radius 3 is 1.67 bits per heavy atom. The third kappa shape index (κ3) is 18.7. The first-order valence-electron chi connectivity index (χ1n) is 12.2. The fraction of sp³-hybridized carbons (Fsp3) is 0.840. The van der Waals surface area contributed by atoms with Gasteiger partial charge in [-0.2, -0.15) is 0 Å². The lowest BCUT2D eigenvalue weighted by atomic mass is 9.94. The number of hydrogen-bond acceptors (Lipinski definition) is 4. The molecule has 1 unspecified atom stereocenters. The smallest absolute Gasteiger partial charge is 0.309 e. The zero-order chi connectivity index (χ0) is 22.5. The average molecular weight is 427 g/mol. The highest BCUT2D eigenvalue weighted by atomic mass is 16.5. The van der Waals surface area contributed by atoms with Crippen LogP contribution < -0.4 is 0 Å². The Bertz CT molecular complexity index is 460. The lowest BCUT2D eigenvalue weighted by molar-refractivity contribution is -0.149. The Labute approximate surface area is 184 Å². The highest BCUT2D eigenvalue weighted by Crippen LogP contribution is 2.20. The van der Waals surface area contributed by atoms with Crippen LogP contribution in [-0.4, -0.2) is 34.4 Å². The van der Waals surface area contributed by atoms with Crippen molar-refractivity contribution in [2.24, 2.45) is 0 Å². The Morgan fingerprint density at radius 2 is 1.23 bits per heavy atom. The van der Waals surface area contributed by atoms with E-state index in [1.165, 1.54) is 83.1 Å². The molecule has 1 atom stereocenters. The fourth-order valence-corrected chi connectivity index (χ4v) is 3.66. The van der Waals surface area contributed by atoms with E-state index < -0.39 is 24.0 Å². The van der Waals surface area contributed by atoms with Gasteiger partial charge in [0.25, 0.3) is 0 Å². The highest BCUT2D eigenvalue weighted by molar-refractivity contribution is 5.74. The van der Waals surface area contributed by atoms with Crippen LogP contribution in [-0.2, 0) is 14.3 Å². The summed E-state index contributed by atoms with van der Waals surface area (Å²) < 4.78 is 4.83. The summed E-state index contributed by atoms with van der Waals surface area (Å²) in [7, 11) is 0. The van der Waals surface area contributed by atoms with Gasteiger partial charge in [-0.05, 0) is 19.8 Å². The molecule has 0 heterocycles. The van der Waals surface area contributed by atoms with E-state index in [1.54, 1.807) is 13.0 Å².